The first-order valence-corrected chi connectivity index (χ1v) is 9.60. The number of furan rings is 2. The lowest BCUT2D eigenvalue weighted by molar-refractivity contribution is 0.0661. The van der Waals surface area contributed by atoms with E-state index in [1.54, 1.807) is 6.26 Å². The first kappa shape index (κ1) is 19.4. The maximum Gasteiger partial charge on any atom is 0.372 e. The van der Waals surface area contributed by atoms with E-state index in [0.29, 0.717) is 11.5 Å². The van der Waals surface area contributed by atoms with Crippen molar-refractivity contribution in [3.63, 3.8) is 0 Å². The fourth-order valence-corrected chi connectivity index (χ4v) is 3.14. The van der Waals surface area contributed by atoms with Crippen LogP contribution in [-0.2, 0) is 12.8 Å². The van der Waals surface area contributed by atoms with Crippen molar-refractivity contribution in [3.05, 3.63) is 35.3 Å². The molecule has 0 amide bonds. The van der Waals surface area contributed by atoms with Crippen molar-refractivity contribution in [1.29, 1.82) is 0 Å². The predicted molar refractivity (Wildman–Crippen MR) is 99.1 cm³/mol. The van der Waals surface area contributed by atoms with E-state index in [4.69, 9.17) is 8.83 Å². The average molecular weight is 346 g/mol. The van der Waals surface area contributed by atoms with Crippen LogP contribution in [0.3, 0.4) is 0 Å². The van der Waals surface area contributed by atoms with Crippen molar-refractivity contribution >= 4 is 5.97 Å². The molecule has 25 heavy (non-hydrogen) atoms. The summed E-state index contributed by atoms with van der Waals surface area (Å²) in [5, 5.41) is 9.42. The maximum absolute atomic E-state index is 11.5. The van der Waals surface area contributed by atoms with Crippen LogP contribution < -0.4 is 0 Å². The second-order valence-electron chi connectivity index (χ2n) is 6.67. The van der Waals surface area contributed by atoms with E-state index >= 15 is 0 Å². The normalized spacial score (nSPS) is 11.1. The van der Waals surface area contributed by atoms with E-state index in [2.05, 4.69) is 13.8 Å². The zero-order chi connectivity index (χ0) is 18.1. The van der Waals surface area contributed by atoms with Gasteiger partial charge in [-0.25, -0.2) is 4.79 Å². The number of hydrogen-bond donors (Lipinski definition) is 1. The number of carboxylic acids is 1. The monoisotopic (exact) mass is 346 g/mol. The summed E-state index contributed by atoms with van der Waals surface area (Å²) in [6.07, 6.45) is 12.5. The fraction of sp³-hybridized carbons (Fsp3) is 0.571. The van der Waals surface area contributed by atoms with Crippen LogP contribution in [0.15, 0.2) is 27.2 Å². The molecule has 138 valence electrons. The minimum Gasteiger partial charge on any atom is -0.475 e. The molecular formula is C21H30O4. The Hall–Kier alpha value is -1.97. The van der Waals surface area contributed by atoms with Crippen molar-refractivity contribution in [2.45, 2.75) is 78.1 Å². The van der Waals surface area contributed by atoms with E-state index in [9.17, 15) is 9.90 Å². The Morgan fingerprint density at radius 1 is 0.960 bits per heavy atom. The third-order valence-electron chi connectivity index (χ3n) is 4.57. The van der Waals surface area contributed by atoms with Crippen LogP contribution in [0.5, 0.6) is 0 Å². The molecule has 0 saturated carbocycles. The molecule has 0 aromatic carbocycles. The van der Waals surface area contributed by atoms with Crippen molar-refractivity contribution < 1.29 is 18.7 Å². The molecule has 0 bridgehead atoms. The lowest BCUT2D eigenvalue weighted by atomic mass is 10.0. The molecule has 2 heterocycles. The highest BCUT2D eigenvalue weighted by Crippen LogP contribution is 2.31. The van der Waals surface area contributed by atoms with Gasteiger partial charge in [-0.05, 0) is 37.8 Å². The summed E-state index contributed by atoms with van der Waals surface area (Å²) >= 11 is 0. The number of aryl methyl sites for hydroxylation is 2. The molecule has 2 aromatic rings. The second-order valence-corrected chi connectivity index (χ2v) is 6.67. The van der Waals surface area contributed by atoms with Gasteiger partial charge in [0.1, 0.15) is 0 Å². The first-order valence-electron chi connectivity index (χ1n) is 9.60. The minimum absolute atomic E-state index is 0.0554. The summed E-state index contributed by atoms with van der Waals surface area (Å²) in [6, 6.07) is 3.81. The SMILES string of the molecule is CCCCCCc1cc(-c2occc2CCCCCC)oc1C(=O)O. The van der Waals surface area contributed by atoms with Crippen molar-refractivity contribution in [2.24, 2.45) is 0 Å². The van der Waals surface area contributed by atoms with E-state index < -0.39 is 5.97 Å². The molecule has 2 rings (SSSR count). The molecule has 4 heteroatoms. The van der Waals surface area contributed by atoms with Gasteiger partial charge in [0.05, 0.1) is 6.26 Å². The van der Waals surface area contributed by atoms with E-state index in [-0.39, 0.29) is 5.76 Å². The van der Waals surface area contributed by atoms with Gasteiger partial charge in [0.15, 0.2) is 11.5 Å². The van der Waals surface area contributed by atoms with Gasteiger partial charge >= 0.3 is 5.97 Å². The van der Waals surface area contributed by atoms with Gasteiger partial charge in [-0.1, -0.05) is 52.4 Å². The molecule has 4 nitrogen and oxygen atoms in total. The standard InChI is InChI=1S/C21H30O4/c1-3-5-7-9-11-16-13-14-24-19(16)18-15-17(12-10-8-6-4-2)20(25-18)21(22)23/h13-15H,3-12H2,1-2H3,(H,22,23). The summed E-state index contributed by atoms with van der Waals surface area (Å²) < 4.78 is 11.3. The molecule has 0 spiro atoms. The zero-order valence-corrected chi connectivity index (χ0v) is 15.5. The van der Waals surface area contributed by atoms with Gasteiger partial charge in [-0.15, -0.1) is 0 Å². The number of carbonyl (C=O) groups is 1. The summed E-state index contributed by atoms with van der Waals surface area (Å²) in [5.74, 6) is 0.268. The predicted octanol–water partition coefficient (Wildman–Crippen LogP) is 6.48. The zero-order valence-electron chi connectivity index (χ0n) is 15.5. The average Bonchev–Trinajstić information content (AvgIpc) is 3.22. The van der Waals surface area contributed by atoms with Crippen LogP contribution in [0.4, 0.5) is 0 Å². The fourth-order valence-electron chi connectivity index (χ4n) is 3.14. The highest BCUT2D eigenvalue weighted by atomic mass is 16.4. The van der Waals surface area contributed by atoms with Crippen LogP contribution in [0.25, 0.3) is 11.5 Å². The maximum atomic E-state index is 11.5. The lowest BCUT2D eigenvalue weighted by Gasteiger charge is -2.00. The van der Waals surface area contributed by atoms with Crippen molar-refractivity contribution in [3.8, 4) is 11.5 Å². The highest BCUT2D eigenvalue weighted by molar-refractivity contribution is 5.87. The van der Waals surface area contributed by atoms with Gasteiger partial charge < -0.3 is 13.9 Å². The summed E-state index contributed by atoms with van der Waals surface area (Å²) in [6.45, 7) is 4.36. The molecule has 0 atom stereocenters. The van der Waals surface area contributed by atoms with Crippen LogP contribution in [0, 0.1) is 0 Å². The molecule has 0 fully saturated rings. The van der Waals surface area contributed by atoms with E-state index in [0.717, 1.165) is 49.7 Å². The van der Waals surface area contributed by atoms with Gasteiger partial charge in [0, 0.05) is 11.1 Å². The van der Waals surface area contributed by atoms with Crippen molar-refractivity contribution in [2.75, 3.05) is 0 Å². The summed E-state index contributed by atoms with van der Waals surface area (Å²) in [7, 11) is 0. The number of hydrogen-bond acceptors (Lipinski definition) is 3. The van der Waals surface area contributed by atoms with Gasteiger partial charge in [-0.3, -0.25) is 0 Å². The molecule has 0 unspecified atom stereocenters. The van der Waals surface area contributed by atoms with Crippen LogP contribution in [0.2, 0.25) is 0 Å². The quantitative estimate of drug-likeness (QED) is 0.446. The molecule has 2 aromatic heterocycles. The first-order chi connectivity index (χ1) is 12.2. The number of aromatic carboxylic acids is 1. The molecule has 1 N–H and O–H groups in total. The molecule has 0 radical (unpaired) electrons. The minimum atomic E-state index is -1.01. The number of rotatable bonds is 12. The Morgan fingerprint density at radius 3 is 2.20 bits per heavy atom. The smallest absolute Gasteiger partial charge is 0.372 e. The Balaban J connectivity index is 2.11. The second kappa shape index (κ2) is 10.1. The third-order valence-corrected chi connectivity index (χ3v) is 4.57. The molecule has 0 aliphatic carbocycles. The van der Waals surface area contributed by atoms with Gasteiger partial charge in [0.2, 0.25) is 5.76 Å². The topological polar surface area (TPSA) is 63.6 Å². The van der Waals surface area contributed by atoms with Crippen LogP contribution in [-0.4, -0.2) is 11.1 Å². The Bertz CT molecular complexity index is 651. The number of carboxylic acid groups (broad SMARTS) is 1. The number of unbranched alkanes of at least 4 members (excludes halogenated alkanes) is 6. The van der Waals surface area contributed by atoms with Crippen LogP contribution in [0.1, 0.15) is 86.9 Å². The van der Waals surface area contributed by atoms with Gasteiger partial charge in [-0.2, -0.15) is 0 Å². The third kappa shape index (κ3) is 5.52. The van der Waals surface area contributed by atoms with E-state index in [1.807, 2.05) is 12.1 Å². The Labute approximate surface area is 150 Å². The largest absolute Gasteiger partial charge is 0.475 e. The van der Waals surface area contributed by atoms with Crippen LogP contribution >= 0.6 is 0 Å². The Morgan fingerprint density at radius 2 is 1.60 bits per heavy atom. The Kier molecular flexibility index (Phi) is 7.83. The molecular weight excluding hydrogens is 316 g/mol. The molecule has 0 aliphatic heterocycles. The van der Waals surface area contributed by atoms with Crippen molar-refractivity contribution in [1.82, 2.24) is 0 Å². The summed E-state index contributed by atoms with van der Waals surface area (Å²) in [5.41, 5.74) is 1.87. The molecule has 0 aliphatic rings. The van der Waals surface area contributed by atoms with E-state index in [1.165, 1.54) is 25.7 Å². The lowest BCUT2D eigenvalue weighted by Crippen LogP contribution is -1.98. The summed E-state index contributed by atoms with van der Waals surface area (Å²) in [4.78, 5) is 11.5. The highest BCUT2D eigenvalue weighted by Gasteiger charge is 2.21. The molecule has 0 saturated heterocycles. The van der Waals surface area contributed by atoms with Gasteiger partial charge in [0.25, 0.3) is 0 Å².